The fraction of sp³-hybridized carbons (Fsp3) is 0.0857. The molecular formula is C70H50. The molecule has 0 amide bonds. The zero-order valence-corrected chi connectivity index (χ0v) is 39.9. The van der Waals surface area contributed by atoms with Gasteiger partial charge < -0.3 is 0 Å². The van der Waals surface area contributed by atoms with Crippen LogP contribution in [0.1, 0.15) is 49.9 Å². The van der Waals surface area contributed by atoms with Gasteiger partial charge in [0.25, 0.3) is 0 Å². The van der Waals surface area contributed by atoms with E-state index in [1.807, 2.05) is 0 Å². The van der Waals surface area contributed by atoms with Gasteiger partial charge >= 0.3 is 0 Å². The van der Waals surface area contributed by atoms with Gasteiger partial charge in [-0.05, 0) is 161 Å². The minimum Gasteiger partial charge on any atom is -0.0622 e. The van der Waals surface area contributed by atoms with Crippen molar-refractivity contribution >= 4 is 43.1 Å². The molecule has 12 aromatic rings. The molecular weight excluding hydrogens is 841 g/mol. The molecule has 0 unspecified atom stereocenters. The van der Waals surface area contributed by atoms with Crippen LogP contribution in [0.2, 0.25) is 0 Å². The van der Waals surface area contributed by atoms with E-state index in [0.717, 1.165) is 0 Å². The van der Waals surface area contributed by atoms with Crippen molar-refractivity contribution in [2.75, 3.05) is 0 Å². The molecule has 330 valence electrons. The first-order valence-electron chi connectivity index (χ1n) is 24.8. The highest BCUT2D eigenvalue weighted by Crippen LogP contribution is 2.55. The summed E-state index contributed by atoms with van der Waals surface area (Å²) in [6, 6.07) is 86.8. The lowest BCUT2D eigenvalue weighted by Crippen LogP contribution is -2.15. The summed E-state index contributed by atoms with van der Waals surface area (Å²) in [6.07, 6.45) is 0. The zero-order valence-electron chi connectivity index (χ0n) is 39.9. The summed E-state index contributed by atoms with van der Waals surface area (Å²) in [5.74, 6) is 0. The van der Waals surface area contributed by atoms with Crippen LogP contribution in [0.15, 0.2) is 231 Å². The maximum absolute atomic E-state index is 2.51. The van der Waals surface area contributed by atoms with Gasteiger partial charge in [0.05, 0.1) is 0 Å². The Morgan fingerprint density at radius 1 is 0.200 bits per heavy atom. The average molecular weight is 891 g/mol. The van der Waals surface area contributed by atoms with E-state index in [-0.39, 0.29) is 10.8 Å². The third kappa shape index (κ3) is 5.83. The van der Waals surface area contributed by atoms with Gasteiger partial charge in [0.2, 0.25) is 0 Å². The molecule has 0 heteroatoms. The highest BCUT2D eigenvalue weighted by atomic mass is 14.4. The van der Waals surface area contributed by atoms with Crippen LogP contribution in [0, 0.1) is 0 Å². The number of rotatable bonds is 5. The Morgan fingerprint density at radius 3 is 0.843 bits per heavy atom. The molecule has 14 rings (SSSR count). The number of benzene rings is 12. The summed E-state index contributed by atoms with van der Waals surface area (Å²) in [6.45, 7) is 9.61. The lowest BCUT2D eigenvalue weighted by atomic mass is 9.79. The highest BCUT2D eigenvalue weighted by Gasteiger charge is 2.38. The van der Waals surface area contributed by atoms with E-state index in [1.54, 1.807) is 0 Å². The fourth-order valence-corrected chi connectivity index (χ4v) is 12.9. The molecule has 12 aromatic carbocycles. The van der Waals surface area contributed by atoms with Gasteiger partial charge in [-0.1, -0.05) is 240 Å². The average Bonchev–Trinajstić information content (AvgIpc) is 3.77. The van der Waals surface area contributed by atoms with E-state index < -0.39 is 0 Å². The first kappa shape index (κ1) is 40.7. The maximum Gasteiger partial charge on any atom is 0.0159 e. The van der Waals surface area contributed by atoms with E-state index in [0.29, 0.717) is 0 Å². The van der Waals surface area contributed by atoms with Crippen LogP contribution >= 0.6 is 0 Å². The molecule has 0 saturated heterocycles. The van der Waals surface area contributed by atoms with Crippen molar-refractivity contribution < 1.29 is 0 Å². The van der Waals surface area contributed by atoms with Crippen LogP contribution in [0.5, 0.6) is 0 Å². The third-order valence-corrected chi connectivity index (χ3v) is 16.3. The molecule has 0 spiro atoms. The van der Waals surface area contributed by atoms with Crippen LogP contribution in [-0.2, 0) is 10.8 Å². The lowest BCUT2D eigenvalue weighted by molar-refractivity contribution is 0.660. The quantitative estimate of drug-likeness (QED) is 0.151. The van der Waals surface area contributed by atoms with Gasteiger partial charge in [-0.3, -0.25) is 0 Å². The SMILES string of the molecule is CC1(C)c2ccccc2-c2ccc(-c3c4ccccc4c(-c4ccc5c(c4)C(C)(C)c4cc(-c6c7ccccc7c(-c7ccc(-c8ccccc8)cc7)c7ccccc67)ccc4-5)c4ccccc34)cc21. The van der Waals surface area contributed by atoms with Crippen molar-refractivity contribution in [3.05, 3.63) is 253 Å². The standard InChI is InChI=1S/C70H50/c1-69(2)61-29-17-16-20-49(61)50-37-34-46(40-62(50)69)67-57-25-12-14-27-59(57)68(60-28-15-13-26-58(60)67)48-36-39-52-51-38-35-47(41-63(51)70(3,4)64(52)42-48)66-55-23-10-8-21-53(55)65(54-22-9-11-24-56(54)66)45-32-30-44(31-33-45)43-18-6-5-7-19-43/h5-42H,1-4H3. The lowest BCUT2D eigenvalue weighted by Gasteiger charge is -2.24. The molecule has 0 bridgehead atoms. The van der Waals surface area contributed by atoms with Crippen molar-refractivity contribution in [1.82, 2.24) is 0 Å². The zero-order chi connectivity index (χ0) is 46.9. The van der Waals surface area contributed by atoms with Gasteiger partial charge in [-0.2, -0.15) is 0 Å². The first-order valence-corrected chi connectivity index (χ1v) is 24.8. The predicted octanol–water partition coefficient (Wildman–Crippen LogP) is 19.2. The largest absolute Gasteiger partial charge is 0.0622 e. The molecule has 2 aliphatic rings. The van der Waals surface area contributed by atoms with Crippen LogP contribution in [0.25, 0.3) is 121 Å². The summed E-state index contributed by atoms with van der Waals surface area (Å²) < 4.78 is 0. The van der Waals surface area contributed by atoms with E-state index in [2.05, 4.69) is 258 Å². The molecule has 0 saturated carbocycles. The van der Waals surface area contributed by atoms with Crippen molar-refractivity contribution in [2.24, 2.45) is 0 Å². The molecule has 2 aliphatic carbocycles. The molecule has 70 heavy (non-hydrogen) atoms. The van der Waals surface area contributed by atoms with Gasteiger partial charge in [0, 0.05) is 10.8 Å². The van der Waals surface area contributed by atoms with E-state index in [4.69, 9.17) is 0 Å². The topological polar surface area (TPSA) is 0 Å². The molecule has 0 aromatic heterocycles. The summed E-state index contributed by atoms with van der Waals surface area (Å²) in [5.41, 5.74) is 23.2. The summed E-state index contributed by atoms with van der Waals surface area (Å²) in [7, 11) is 0. The second kappa shape index (κ2) is 15.1. The van der Waals surface area contributed by atoms with Crippen LogP contribution < -0.4 is 0 Å². The molecule has 0 radical (unpaired) electrons. The fourth-order valence-electron chi connectivity index (χ4n) is 12.9. The molecule has 0 nitrogen and oxygen atoms in total. The van der Waals surface area contributed by atoms with Crippen LogP contribution in [0.3, 0.4) is 0 Å². The van der Waals surface area contributed by atoms with E-state index in [1.165, 1.54) is 143 Å². The van der Waals surface area contributed by atoms with Gasteiger partial charge in [0.1, 0.15) is 0 Å². The van der Waals surface area contributed by atoms with E-state index >= 15 is 0 Å². The normalized spacial score (nSPS) is 13.9. The Morgan fingerprint density at radius 2 is 0.457 bits per heavy atom. The van der Waals surface area contributed by atoms with Crippen molar-refractivity contribution in [3.63, 3.8) is 0 Å². The van der Waals surface area contributed by atoms with Gasteiger partial charge in [-0.15, -0.1) is 0 Å². The first-order chi connectivity index (χ1) is 34.3. The second-order valence-corrected chi connectivity index (χ2v) is 20.7. The Balaban J connectivity index is 0.894. The predicted molar refractivity (Wildman–Crippen MR) is 299 cm³/mol. The second-order valence-electron chi connectivity index (χ2n) is 20.7. The third-order valence-electron chi connectivity index (χ3n) is 16.3. The van der Waals surface area contributed by atoms with E-state index in [9.17, 15) is 0 Å². The summed E-state index contributed by atoms with van der Waals surface area (Å²) in [5, 5.41) is 10.2. The Hall–Kier alpha value is -8.32. The highest BCUT2D eigenvalue weighted by molar-refractivity contribution is 6.23. The number of hydrogen-bond donors (Lipinski definition) is 0. The molecule has 0 fully saturated rings. The monoisotopic (exact) mass is 890 g/mol. The molecule has 0 N–H and O–H groups in total. The van der Waals surface area contributed by atoms with Crippen molar-refractivity contribution in [3.8, 4) is 77.9 Å². The Bertz CT molecular complexity index is 4030. The smallest absolute Gasteiger partial charge is 0.0159 e. The van der Waals surface area contributed by atoms with Crippen LogP contribution in [0.4, 0.5) is 0 Å². The van der Waals surface area contributed by atoms with Crippen LogP contribution in [-0.4, -0.2) is 0 Å². The minimum atomic E-state index is -0.233. The Kier molecular flexibility index (Phi) is 8.78. The van der Waals surface area contributed by atoms with Crippen molar-refractivity contribution in [1.29, 1.82) is 0 Å². The molecule has 0 heterocycles. The van der Waals surface area contributed by atoms with Gasteiger partial charge in [-0.25, -0.2) is 0 Å². The van der Waals surface area contributed by atoms with Crippen molar-refractivity contribution in [2.45, 2.75) is 38.5 Å². The van der Waals surface area contributed by atoms with Gasteiger partial charge in [0.15, 0.2) is 0 Å². The minimum absolute atomic E-state index is 0.0775. The molecule has 0 atom stereocenters. The maximum atomic E-state index is 2.51. The molecule has 0 aliphatic heterocycles. The number of hydrogen-bond acceptors (Lipinski definition) is 0. The summed E-state index contributed by atoms with van der Waals surface area (Å²) >= 11 is 0. The Labute approximate surface area is 410 Å². The summed E-state index contributed by atoms with van der Waals surface area (Å²) in [4.78, 5) is 0. The number of fused-ring (bicyclic) bond motifs is 10.